The summed E-state index contributed by atoms with van der Waals surface area (Å²) < 4.78 is 33.5. The second-order valence-corrected chi connectivity index (χ2v) is 6.81. The Labute approximate surface area is 133 Å². The number of hydrogen-bond donors (Lipinski definition) is 1. The van der Waals surface area contributed by atoms with Gasteiger partial charge < -0.3 is 0 Å². The van der Waals surface area contributed by atoms with Gasteiger partial charge in [-0.15, -0.1) is 0 Å². The summed E-state index contributed by atoms with van der Waals surface area (Å²) in [6.07, 6.45) is 0. The van der Waals surface area contributed by atoms with Crippen molar-refractivity contribution in [1.82, 2.24) is 0 Å². The molecule has 3 rings (SSSR count). The maximum atomic E-state index is 12.2. The number of carbonyl (C=O) groups excluding carboxylic acids is 1. The van der Waals surface area contributed by atoms with Crippen molar-refractivity contribution in [3.8, 4) is 0 Å². The molecule has 0 fully saturated rings. The van der Waals surface area contributed by atoms with Crippen molar-refractivity contribution in [3.63, 3.8) is 0 Å². The topological polar surface area (TPSA) is 71.4 Å². The van der Waals surface area contributed by atoms with Gasteiger partial charge >= 0.3 is 0 Å². The third kappa shape index (κ3) is 2.65. The normalized spacial score (nSPS) is 11.7. The van der Waals surface area contributed by atoms with E-state index in [2.05, 4.69) is 6.58 Å². The van der Waals surface area contributed by atoms with E-state index in [9.17, 15) is 17.8 Å². The minimum absolute atomic E-state index is 0.0669. The molecule has 1 N–H and O–H groups in total. The molecule has 0 radical (unpaired) electrons. The molecule has 0 saturated carbocycles. The predicted molar refractivity (Wildman–Crippen MR) is 90.4 cm³/mol. The van der Waals surface area contributed by atoms with Crippen molar-refractivity contribution in [2.75, 3.05) is 0 Å². The van der Waals surface area contributed by atoms with Gasteiger partial charge in [-0.2, -0.15) is 8.42 Å². The molecule has 0 unspecified atom stereocenters. The molecule has 0 atom stereocenters. The molecule has 5 heteroatoms. The van der Waals surface area contributed by atoms with Crippen LogP contribution in [0.5, 0.6) is 0 Å². The third-order valence-corrected chi connectivity index (χ3v) is 4.68. The molecular formula is C18H14O4S. The summed E-state index contributed by atoms with van der Waals surface area (Å²) >= 11 is 0. The first-order valence-electron chi connectivity index (χ1n) is 6.92. The standard InChI is InChI=1S/C18H14O4S/c1-11(2)17(19)15-8-7-14-9-12-5-3-4-6-13(12)10-16(14)18(15)23(20,21)22/h3-10H,1H2,2H3,(H,20,21,22). The van der Waals surface area contributed by atoms with E-state index in [0.29, 0.717) is 10.8 Å². The van der Waals surface area contributed by atoms with E-state index in [1.807, 2.05) is 30.3 Å². The van der Waals surface area contributed by atoms with Gasteiger partial charge in [0.2, 0.25) is 0 Å². The number of hydrogen-bond acceptors (Lipinski definition) is 3. The average Bonchev–Trinajstić information content (AvgIpc) is 2.49. The van der Waals surface area contributed by atoms with E-state index in [1.54, 1.807) is 12.1 Å². The zero-order chi connectivity index (χ0) is 16.8. The average molecular weight is 326 g/mol. The van der Waals surface area contributed by atoms with Crippen LogP contribution in [0.1, 0.15) is 17.3 Å². The van der Waals surface area contributed by atoms with E-state index in [1.165, 1.54) is 13.0 Å². The number of allylic oxidation sites excluding steroid dienone is 1. The van der Waals surface area contributed by atoms with Crippen molar-refractivity contribution in [3.05, 3.63) is 66.2 Å². The fourth-order valence-electron chi connectivity index (χ4n) is 2.67. The van der Waals surface area contributed by atoms with Gasteiger partial charge in [-0.3, -0.25) is 9.35 Å². The SMILES string of the molecule is C=C(C)C(=O)c1ccc2cc3ccccc3cc2c1S(=O)(=O)O. The lowest BCUT2D eigenvalue weighted by Gasteiger charge is -2.11. The second-order valence-electron chi connectivity index (χ2n) is 5.45. The molecule has 3 aromatic rings. The second kappa shape index (κ2) is 5.30. The van der Waals surface area contributed by atoms with Gasteiger partial charge in [-0.25, -0.2) is 0 Å². The molecule has 0 aliphatic carbocycles. The molecule has 0 bridgehead atoms. The van der Waals surface area contributed by atoms with Gasteiger partial charge in [0.15, 0.2) is 5.78 Å². The van der Waals surface area contributed by atoms with Gasteiger partial charge in [0.05, 0.1) is 0 Å². The van der Waals surface area contributed by atoms with Crippen molar-refractivity contribution in [1.29, 1.82) is 0 Å². The molecular weight excluding hydrogens is 312 g/mol. The Balaban J connectivity index is 2.50. The van der Waals surface area contributed by atoms with Crippen LogP contribution in [0, 0.1) is 0 Å². The molecule has 4 nitrogen and oxygen atoms in total. The molecule has 0 amide bonds. The van der Waals surface area contributed by atoms with Crippen LogP contribution >= 0.6 is 0 Å². The van der Waals surface area contributed by atoms with E-state index >= 15 is 0 Å². The first-order valence-corrected chi connectivity index (χ1v) is 8.36. The number of fused-ring (bicyclic) bond motifs is 2. The number of ketones is 1. The van der Waals surface area contributed by atoms with Gasteiger partial charge in [-0.05, 0) is 46.9 Å². The molecule has 0 aromatic heterocycles. The Hall–Kier alpha value is -2.50. The summed E-state index contributed by atoms with van der Waals surface area (Å²) in [5.74, 6) is -0.507. The predicted octanol–water partition coefficient (Wildman–Crippen LogP) is 4.00. The van der Waals surface area contributed by atoms with E-state index in [4.69, 9.17) is 0 Å². The van der Waals surface area contributed by atoms with Crippen molar-refractivity contribution in [2.45, 2.75) is 11.8 Å². The van der Waals surface area contributed by atoms with Crippen LogP contribution < -0.4 is 0 Å². The van der Waals surface area contributed by atoms with Crippen LogP contribution in [-0.2, 0) is 10.1 Å². The highest BCUT2D eigenvalue weighted by atomic mass is 32.2. The first-order chi connectivity index (χ1) is 10.8. The van der Waals surface area contributed by atoms with Gasteiger partial charge in [0, 0.05) is 10.9 Å². The van der Waals surface area contributed by atoms with E-state index < -0.39 is 15.9 Å². The lowest BCUT2D eigenvalue weighted by molar-refractivity contribution is 0.103. The van der Waals surface area contributed by atoms with Gasteiger partial charge in [0.25, 0.3) is 10.1 Å². The highest BCUT2D eigenvalue weighted by Gasteiger charge is 2.24. The molecule has 23 heavy (non-hydrogen) atoms. The Morgan fingerprint density at radius 3 is 2.17 bits per heavy atom. The largest absolute Gasteiger partial charge is 0.295 e. The van der Waals surface area contributed by atoms with Crippen molar-refractivity contribution < 1.29 is 17.8 Å². The lowest BCUT2D eigenvalue weighted by atomic mass is 9.98. The van der Waals surface area contributed by atoms with Crippen LogP contribution in [0.4, 0.5) is 0 Å². The summed E-state index contributed by atoms with van der Waals surface area (Å²) in [7, 11) is -4.57. The van der Waals surface area contributed by atoms with Crippen LogP contribution in [0.2, 0.25) is 0 Å². The highest BCUT2D eigenvalue weighted by molar-refractivity contribution is 7.86. The van der Waals surface area contributed by atoms with Crippen LogP contribution in [0.25, 0.3) is 21.5 Å². The number of carbonyl (C=O) groups is 1. The molecule has 3 aromatic carbocycles. The summed E-state index contributed by atoms with van der Waals surface area (Å²) in [5.41, 5.74) is 0.137. The Morgan fingerprint density at radius 1 is 1.00 bits per heavy atom. The fourth-order valence-corrected chi connectivity index (χ4v) is 3.57. The van der Waals surface area contributed by atoms with E-state index in [0.717, 1.165) is 10.8 Å². The number of Topliss-reactive ketones (excluding diaryl/α,β-unsaturated/α-hetero) is 1. The van der Waals surface area contributed by atoms with Crippen LogP contribution in [0.15, 0.2) is 65.6 Å². The van der Waals surface area contributed by atoms with Crippen molar-refractivity contribution >= 4 is 37.4 Å². The maximum Gasteiger partial charge on any atom is 0.295 e. The summed E-state index contributed by atoms with van der Waals surface area (Å²) in [5, 5.41) is 2.72. The quantitative estimate of drug-likeness (QED) is 0.342. The highest BCUT2D eigenvalue weighted by Crippen LogP contribution is 2.31. The molecule has 116 valence electrons. The smallest absolute Gasteiger partial charge is 0.289 e. The zero-order valence-electron chi connectivity index (χ0n) is 12.4. The summed E-state index contributed by atoms with van der Waals surface area (Å²) in [6.45, 7) is 5.06. The minimum atomic E-state index is -4.57. The lowest BCUT2D eigenvalue weighted by Crippen LogP contribution is -2.10. The molecule has 0 heterocycles. The maximum absolute atomic E-state index is 12.2. The first kappa shape index (κ1) is 15.4. The van der Waals surface area contributed by atoms with Gasteiger partial charge in [-0.1, -0.05) is 36.9 Å². The monoisotopic (exact) mass is 326 g/mol. The fraction of sp³-hybridized carbons (Fsp3) is 0.0556. The zero-order valence-corrected chi connectivity index (χ0v) is 13.2. The summed E-state index contributed by atoms with van der Waals surface area (Å²) in [6, 6.07) is 14.1. The van der Waals surface area contributed by atoms with Crippen molar-refractivity contribution in [2.24, 2.45) is 0 Å². The third-order valence-electron chi connectivity index (χ3n) is 3.73. The molecule has 0 aliphatic heterocycles. The summed E-state index contributed by atoms with van der Waals surface area (Å²) in [4.78, 5) is 11.9. The molecule has 0 aliphatic rings. The van der Waals surface area contributed by atoms with Gasteiger partial charge in [0.1, 0.15) is 4.90 Å². The number of rotatable bonds is 3. The number of benzene rings is 3. The molecule has 0 spiro atoms. The Kier molecular flexibility index (Phi) is 3.55. The van der Waals surface area contributed by atoms with Crippen LogP contribution in [0.3, 0.4) is 0 Å². The molecule has 0 saturated heterocycles. The Bertz CT molecular complexity index is 1080. The Morgan fingerprint density at radius 2 is 1.61 bits per heavy atom. The van der Waals surface area contributed by atoms with E-state index in [-0.39, 0.29) is 16.0 Å². The van der Waals surface area contributed by atoms with Crippen LogP contribution in [-0.4, -0.2) is 18.8 Å². The minimum Gasteiger partial charge on any atom is -0.289 e.